The van der Waals surface area contributed by atoms with Crippen molar-refractivity contribution in [3.8, 4) is 5.75 Å². The van der Waals surface area contributed by atoms with Crippen LogP contribution < -0.4 is 10.1 Å². The first-order valence-electron chi connectivity index (χ1n) is 15.8. The Morgan fingerprint density at radius 1 is 0.837 bits per heavy atom. The van der Waals surface area contributed by atoms with E-state index < -0.39 is 71.6 Å². The summed E-state index contributed by atoms with van der Waals surface area (Å²) in [5, 5.41) is 14.3. The van der Waals surface area contributed by atoms with Gasteiger partial charge in [-0.1, -0.05) is 63.2 Å². The summed E-state index contributed by atoms with van der Waals surface area (Å²) in [4.78, 5) is 40.7. The highest BCUT2D eigenvalue weighted by Gasteiger charge is 2.40. The predicted molar refractivity (Wildman–Crippen MR) is 173 cm³/mol. The number of hydrogen-bond donors (Lipinski definition) is 2. The number of rotatable bonds is 17. The Labute approximate surface area is 285 Å². The molecule has 5 atom stereocenters. The molecule has 0 saturated carbocycles. The van der Waals surface area contributed by atoms with Crippen molar-refractivity contribution >= 4 is 17.9 Å². The molecule has 1 unspecified atom stereocenters. The molecule has 0 aromatic heterocycles. The molecule has 0 amide bonds. The molecule has 0 spiro atoms. The zero-order valence-corrected chi connectivity index (χ0v) is 29.2. The number of ether oxygens (including phenoxy) is 4. The molecule has 14 heteroatoms. The van der Waals surface area contributed by atoms with Crippen molar-refractivity contribution in [2.24, 2.45) is 5.41 Å². The second-order valence-corrected chi connectivity index (χ2v) is 13.7. The molecule has 10 nitrogen and oxygen atoms in total. The van der Waals surface area contributed by atoms with Gasteiger partial charge < -0.3 is 29.4 Å². The van der Waals surface area contributed by atoms with Crippen LogP contribution in [0.5, 0.6) is 5.75 Å². The molecule has 0 heterocycles. The number of nitrogens with one attached hydrogen (secondary N) is 1. The molecule has 2 aromatic rings. The zero-order valence-electron chi connectivity index (χ0n) is 29.2. The van der Waals surface area contributed by atoms with Gasteiger partial charge in [-0.25, -0.2) is 9.18 Å². The molecule has 49 heavy (non-hydrogen) atoms. The first-order valence-corrected chi connectivity index (χ1v) is 15.8. The lowest BCUT2D eigenvalue weighted by molar-refractivity contribution is -0.274. The Morgan fingerprint density at radius 3 is 1.94 bits per heavy atom. The van der Waals surface area contributed by atoms with E-state index in [-0.39, 0.29) is 25.9 Å². The van der Waals surface area contributed by atoms with Crippen molar-refractivity contribution in [2.75, 3.05) is 14.1 Å². The Bertz CT molecular complexity index is 1340. The number of likely N-dealkylation sites (N-methyl/N-ethyl adjacent to an activating group) is 2. The molecule has 2 N–H and O–H groups in total. The lowest BCUT2D eigenvalue weighted by Gasteiger charge is -2.38. The van der Waals surface area contributed by atoms with Gasteiger partial charge in [0, 0.05) is 12.8 Å². The van der Waals surface area contributed by atoms with E-state index in [2.05, 4.69) is 10.1 Å². The van der Waals surface area contributed by atoms with Gasteiger partial charge in [-0.05, 0) is 70.0 Å². The molecule has 274 valence electrons. The highest BCUT2D eigenvalue weighted by molar-refractivity contribution is 5.81. The minimum Gasteiger partial charge on any atom is -0.458 e. The van der Waals surface area contributed by atoms with Gasteiger partial charge in [0.2, 0.25) is 0 Å². The van der Waals surface area contributed by atoms with Gasteiger partial charge in [0.25, 0.3) is 0 Å². The van der Waals surface area contributed by atoms with E-state index in [0.29, 0.717) is 5.56 Å². The number of benzene rings is 2. The van der Waals surface area contributed by atoms with Gasteiger partial charge >= 0.3 is 24.3 Å². The van der Waals surface area contributed by atoms with E-state index in [1.54, 1.807) is 24.3 Å². The van der Waals surface area contributed by atoms with E-state index in [4.69, 9.17) is 14.2 Å². The van der Waals surface area contributed by atoms with Crippen LogP contribution in [0.2, 0.25) is 0 Å². The molecular formula is C35H48F4N2O8. The van der Waals surface area contributed by atoms with E-state index in [0.717, 1.165) is 17.7 Å². The van der Waals surface area contributed by atoms with Gasteiger partial charge in [-0.3, -0.25) is 14.5 Å². The van der Waals surface area contributed by atoms with Gasteiger partial charge in [0.15, 0.2) is 6.10 Å². The highest BCUT2D eigenvalue weighted by Crippen LogP contribution is 2.28. The minimum atomic E-state index is -4.91. The lowest BCUT2D eigenvalue weighted by Crippen LogP contribution is -2.54. The van der Waals surface area contributed by atoms with E-state index >= 15 is 0 Å². The SMILES string of the molecule is CN[C@@H](CC(C)(C)F)C(=O)O[C@H](Cc1ccc(OC(F)(F)F)cc1)C(O)N(C)[C@@H](CC(C)(C)C)C(=O)O[C@H](C)C(=O)OCc1ccccc1. The zero-order chi connectivity index (χ0) is 37.2. The molecule has 0 bridgehead atoms. The number of alkyl halides is 4. The summed E-state index contributed by atoms with van der Waals surface area (Å²) >= 11 is 0. The van der Waals surface area contributed by atoms with Gasteiger partial charge in [-0.15, -0.1) is 13.2 Å². The Hall–Kier alpha value is -3.75. The van der Waals surface area contributed by atoms with Gasteiger partial charge in [0.05, 0.1) is 0 Å². The smallest absolute Gasteiger partial charge is 0.458 e. The van der Waals surface area contributed by atoms with E-state index in [9.17, 15) is 37.1 Å². The van der Waals surface area contributed by atoms with Crippen molar-refractivity contribution in [1.82, 2.24) is 10.2 Å². The standard InChI is InChI=1S/C35H48F4N2O8/c1-22(30(43)46-21-24-12-10-9-11-13-24)47-32(45)27(20-33(2,3)4)41(8)29(42)28(48-31(44)26(40-7)19-34(5,6)36)18-23-14-16-25(17-15-23)49-35(37,38)39/h9-17,22,26-29,40,42H,18-21H2,1-8H3/t22-,26+,27+,28-,29?/m1/s1. The van der Waals surface area contributed by atoms with Crippen molar-refractivity contribution in [3.63, 3.8) is 0 Å². The summed E-state index contributed by atoms with van der Waals surface area (Å²) in [6.45, 7) is 9.45. The average Bonchev–Trinajstić information content (AvgIpc) is 2.99. The Morgan fingerprint density at radius 2 is 1.43 bits per heavy atom. The van der Waals surface area contributed by atoms with Crippen LogP contribution in [0.15, 0.2) is 54.6 Å². The maximum atomic E-state index is 14.5. The Balaban J connectivity index is 2.34. The van der Waals surface area contributed by atoms with Crippen LogP contribution in [-0.4, -0.2) is 84.6 Å². The predicted octanol–water partition coefficient (Wildman–Crippen LogP) is 5.50. The Kier molecular flexibility index (Phi) is 15.0. The fourth-order valence-corrected chi connectivity index (χ4v) is 4.85. The third kappa shape index (κ3) is 15.1. The van der Waals surface area contributed by atoms with Gasteiger partial charge in [0.1, 0.15) is 42.4 Å². The number of halogens is 4. The molecular weight excluding hydrogens is 652 g/mol. The fourth-order valence-electron chi connectivity index (χ4n) is 4.85. The molecule has 0 fully saturated rings. The molecule has 0 aliphatic carbocycles. The van der Waals surface area contributed by atoms with Crippen LogP contribution >= 0.6 is 0 Å². The van der Waals surface area contributed by atoms with Crippen LogP contribution in [0.4, 0.5) is 17.6 Å². The second kappa shape index (κ2) is 17.8. The van der Waals surface area contributed by atoms with Crippen molar-refractivity contribution < 1.29 is 56.0 Å². The van der Waals surface area contributed by atoms with Crippen LogP contribution in [0.1, 0.15) is 65.5 Å². The first-order chi connectivity index (χ1) is 22.6. The third-order valence-electron chi connectivity index (χ3n) is 7.35. The molecule has 0 aliphatic heterocycles. The van der Waals surface area contributed by atoms with Crippen LogP contribution in [0.25, 0.3) is 0 Å². The second-order valence-electron chi connectivity index (χ2n) is 13.7. The molecule has 2 aromatic carbocycles. The van der Waals surface area contributed by atoms with Crippen molar-refractivity contribution in [3.05, 3.63) is 65.7 Å². The van der Waals surface area contributed by atoms with E-state index in [1.807, 2.05) is 26.8 Å². The van der Waals surface area contributed by atoms with Crippen molar-refractivity contribution in [1.29, 1.82) is 0 Å². The fraction of sp³-hybridized carbons (Fsp3) is 0.571. The monoisotopic (exact) mass is 700 g/mol. The number of aliphatic hydroxyl groups is 1. The summed E-state index contributed by atoms with van der Waals surface area (Å²) in [5.74, 6) is -3.01. The molecule has 0 aliphatic rings. The normalized spacial score (nSPS) is 15.5. The minimum absolute atomic E-state index is 0.0326. The quantitative estimate of drug-likeness (QED) is 0.0948. The van der Waals surface area contributed by atoms with Gasteiger partial charge in [-0.2, -0.15) is 0 Å². The van der Waals surface area contributed by atoms with Crippen LogP contribution in [-0.2, 0) is 41.6 Å². The number of carbonyl (C=O) groups excluding carboxylic acids is 3. The highest BCUT2D eigenvalue weighted by atomic mass is 19.4. The lowest BCUT2D eigenvalue weighted by atomic mass is 9.87. The largest absolute Gasteiger partial charge is 0.573 e. The summed E-state index contributed by atoms with van der Waals surface area (Å²) in [6, 6.07) is 11.4. The summed E-state index contributed by atoms with van der Waals surface area (Å²) < 4.78 is 73.0. The number of nitrogens with zero attached hydrogens (tertiary/aromatic N) is 1. The maximum absolute atomic E-state index is 14.5. The maximum Gasteiger partial charge on any atom is 0.573 e. The molecule has 2 rings (SSSR count). The average molecular weight is 701 g/mol. The third-order valence-corrected chi connectivity index (χ3v) is 7.35. The summed E-state index contributed by atoms with van der Waals surface area (Å²) in [6.07, 6.45) is -9.61. The number of carbonyl (C=O) groups is 3. The van der Waals surface area contributed by atoms with Crippen LogP contribution in [0.3, 0.4) is 0 Å². The number of aliphatic hydroxyl groups excluding tert-OH is 1. The molecule has 0 saturated heterocycles. The molecule has 0 radical (unpaired) electrons. The van der Waals surface area contributed by atoms with E-state index in [1.165, 1.54) is 51.9 Å². The number of hydrogen-bond acceptors (Lipinski definition) is 10. The van der Waals surface area contributed by atoms with Crippen molar-refractivity contribution in [2.45, 2.75) is 110 Å². The number of esters is 3. The topological polar surface area (TPSA) is 124 Å². The van der Waals surface area contributed by atoms with Crippen LogP contribution in [0, 0.1) is 5.41 Å². The summed E-state index contributed by atoms with van der Waals surface area (Å²) in [5.41, 5.74) is -1.16. The summed E-state index contributed by atoms with van der Waals surface area (Å²) in [7, 11) is 2.85. The first kappa shape index (κ1) is 41.4.